The van der Waals surface area contributed by atoms with Crippen molar-refractivity contribution in [1.82, 2.24) is 14.4 Å². The number of anilines is 1. The Bertz CT molecular complexity index is 1200. The van der Waals surface area contributed by atoms with E-state index in [0.717, 1.165) is 30.4 Å². The van der Waals surface area contributed by atoms with Crippen LogP contribution in [0.1, 0.15) is 36.7 Å². The van der Waals surface area contributed by atoms with Gasteiger partial charge >= 0.3 is 6.01 Å². The Morgan fingerprint density at radius 2 is 1.66 bits per heavy atom. The van der Waals surface area contributed by atoms with Crippen LogP contribution in [0.4, 0.5) is 6.01 Å². The molecule has 0 atom stereocenters. The molecule has 7 nitrogen and oxygen atoms in total. The summed E-state index contributed by atoms with van der Waals surface area (Å²) in [6.45, 7) is 3.80. The van der Waals surface area contributed by atoms with E-state index in [1.165, 1.54) is 4.31 Å². The van der Waals surface area contributed by atoms with Crippen molar-refractivity contribution in [3.8, 4) is 0 Å². The van der Waals surface area contributed by atoms with Crippen LogP contribution in [0.5, 0.6) is 0 Å². The fraction of sp³-hybridized carbons (Fsp3) is 0.391. The standard InChI is InChI=1S/C23H25ClN4O3S/c1-2-17-3-9-20(10-4-17)32(29,30)28-15-13-27(14-16-28)22-25-21(26-31-22)23(11-12-23)18-5-7-19(24)8-6-18/h3-10H,2,11-16H2,1H3. The van der Waals surface area contributed by atoms with Crippen LogP contribution in [-0.2, 0) is 21.9 Å². The first-order valence-electron chi connectivity index (χ1n) is 10.9. The lowest BCUT2D eigenvalue weighted by Crippen LogP contribution is -2.48. The molecule has 0 amide bonds. The molecule has 0 unspecified atom stereocenters. The fourth-order valence-electron chi connectivity index (χ4n) is 4.24. The molecule has 0 spiro atoms. The second kappa shape index (κ2) is 8.17. The Kier molecular flexibility index (Phi) is 5.47. The lowest BCUT2D eigenvalue weighted by molar-refractivity contribution is 0.352. The number of rotatable bonds is 6. The maximum Gasteiger partial charge on any atom is 0.324 e. The zero-order valence-electron chi connectivity index (χ0n) is 17.9. The molecule has 168 valence electrons. The monoisotopic (exact) mass is 472 g/mol. The number of benzene rings is 2. The van der Waals surface area contributed by atoms with Gasteiger partial charge in [0.25, 0.3) is 0 Å². The van der Waals surface area contributed by atoms with E-state index in [2.05, 4.69) is 10.1 Å². The molecule has 2 aromatic carbocycles. The topological polar surface area (TPSA) is 79.5 Å². The Hall–Kier alpha value is -2.42. The van der Waals surface area contributed by atoms with Crippen molar-refractivity contribution in [2.45, 2.75) is 36.5 Å². The first-order valence-corrected chi connectivity index (χ1v) is 12.7. The molecule has 1 aliphatic carbocycles. The van der Waals surface area contributed by atoms with Gasteiger partial charge in [0.1, 0.15) is 0 Å². The van der Waals surface area contributed by atoms with Gasteiger partial charge in [-0.15, -0.1) is 0 Å². The molecule has 1 aromatic heterocycles. The van der Waals surface area contributed by atoms with Crippen molar-refractivity contribution in [1.29, 1.82) is 0 Å². The molecular weight excluding hydrogens is 448 g/mol. The Balaban J connectivity index is 1.27. The van der Waals surface area contributed by atoms with Gasteiger partial charge in [-0.2, -0.15) is 9.29 Å². The van der Waals surface area contributed by atoms with Crippen LogP contribution >= 0.6 is 11.6 Å². The van der Waals surface area contributed by atoms with Crippen molar-refractivity contribution in [3.63, 3.8) is 0 Å². The predicted molar refractivity (Wildman–Crippen MR) is 123 cm³/mol. The number of hydrogen-bond acceptors (Lipinski definition) is 6. The number of aromatic nitrogens is 2. The molecule has 1 saturated heterocycles. The number of sulfonamides is 1. The summed E-state index contributed by atoms with van der Waals surface area (Å²) in [5.74, 6) is 0.681. The molecule has 32 heavy (non-hydrogen) atoms. The maximum atomic E-state index is 13.0. The SMILES string of the molecule is CCc1ccc(S(=O)(=O)N2CCN(c3nc(C4(c5ccc(Cl)cc5)CC4)no3)CC2)cc1. The van der Waals surface area contributed by atoms with Crippen LogP contribution in [0, 0.1) is 0 Å². The minimum absolute atomic E-state index is 0.206. The van der Waals surface area contributed by atoms with Gasteiger partial charge in [0.15, 0.2) is 5.82 Å². The zero-order valence-corrected chi connectivity index (χ0v) is 19.4. The summed E-state index contributed by atoms with van der Waals surface area (Å²) in [5.41, 5.74) is 2.05. The van der Waals surface area contributed by atoms with Crippen LogP contribution in [-0.4, -0.2) is 49.0 Å². The highest BCUT2D eigenvalue weighted by molar-refractivity contribution is 7.89. The second-order valence-electron chi connectivity index (χ2n) is 8.38. The minimum atomic E-state index is -3.51. The Labute approximate surface area is 193 Å². The van der Waals surface area contributed by atoms with Crippen LogP contribution in [0.2, 0.25) is 5.02 Å². The molecule has 3 aromatic rings. The lowest BCUT2D eigenvalue weighted by atomic mass is 9.95. The molecule has 2 fully saturated rings. The molecule has 1 aliphatic heterocycles. The first kappa shape index (κ1) is 21.4. The number of piperazine rings is 1. The minimum Gasteiger partial charge on any atom is -0.322 e. The lowest BCUT2D eigenvalue weighted by Gasteiger charge is -2.32. The molecule has 0 radical (unpaired) electrons. The summed E-state index contributed by atoms with van der Waals surface area (Å²) in [5, 5.41) is 4.96. The van der Waals surface area contributed by atoms with Crippen LogP contribution in [0.3, 0.4) is 0 Å². The molecule has 0 bridgehead atoms. The third-order valence-electron chi connectivity index (χ3n) is 6.47. The van der Waals surface area contributed by atoms with Gasteiger partial charge < -0.3 is 9.42 Å². The third kappa shape index (κ3) is 3.80. The van der Waals surface area contributed by atoms with E-state index in [1.54, 1.807) is 12.1 Å². The fourth-order valence-corrected chi connectivity index (χ4v) is 5.79. The summed E-state index contributed by atoms with van der Waals surface area (Å²) in [4.78, 5) is 6.97. The van der Waals surface area contributed by atoms with E-state index in [-0.39, 0.29) is 5.41 Å². The Morgan fingerprint density at radius 1 is 1.00 bits per heavy atom. The first-order chi connectivity index (χ1) is 15.4. The molecule has 1 saturated carbocycles. The highest BCUT2D eigenvalue weighted by atomic mass is 35.5. The second-order valence-corrected chi connectivity index (χ2v) is 10.8. The van der Waals surface area contributed by atoms with Crippen molar-refractivity contribution < 1.29 is 12.9 Å². The van der Waals surface area contributed by atoms with Crippen LogP contribution in [0.25, 0.3) is 0 Å². The average Bonchev–Trinajstić information content (AvgIpc) is 3.48. The van der Waals surface area contributed by atoms with Crippen molar-refractivity contribution in [2.24, 2.45) is 0 Å². The average molecular weight is 473 g/mol. The quantitative estimate of drug-likeness (QED) is 0.541. The van der Waals surface area contributed by atoms with Gasteiger partial charge in [-0.1, -0.05) is 47.9 Å². The molecule has 0 N–H and O–H groups in total. The van der Waals surface area contributed by atoms with Gasteiger partial charge in [0.2, 0.25) is 10.0 Å². The molecule has 2 heterocycles. The van der Waals surface area contributed by atoms with Gasteiger partial charge in [0, 0.05) is 31.2 Å². The van der Waals surface area contributed by atoms with E-state index in [9.17, 15) is 8.42 Å². The van der Waals surface area contributed by atoms with Crippen molar-refractivity contribution in [2.75, 3.05) is 31.1 Å². The molecular formula is C23H25ClN4O3S. The number of nitrogens with zero attached hydrogens (tertiary/aromatic N) is 4. The summed E-state index contributed by atoms with van der Waals surface area (Å²) in [6, 6.07) is 15.4. The van der Waals surface area contributed by atoms with E-state index < -0.39 is 10.0 Å². The summed E-state index contributed by atoms with van der Waals surface area (Å²) >= 11 is 6.03. The van der Waals surface area contributed by atoms with Gasteiger partial charge in [-0.3, -0.25) is 0 Å². The zero-order chi connectivity index (χ0) is 22.3. The van der Waals surface area contributed by atoms with Crippen molar-refractivity contribution >= 4 is 27.6 Å². The normalized spacial score (nSPS) is 18.6. The van der Waals surface area contributed by atoms with Crippen LogP contribution < -0.4 is 4.90 Å². The van der Waals surface area contributed by atoms with Gasteiger partial charge in [0.05, 0.1) is 10.3 Å². The van der Waals surface area contributed by atoms with E-state index in [4.69, 9.17) is 16.1 Å². The summed E-state index contributed by atoms with van der Waals surface area (Å²) in [6.07, 6.45) is 2.82. The van der Waals surface area contributed by atoms with Gasteiger partial charge in [-0.05, 0) is 54.7 Å². The number of hydrogen-bond donors (Lipinski definition) is 0. The summed E-state index contributed by atoms with van der Waals surface area (Å²) < 4.78 is 33.1. The smallest absolute Gasteiger partial charge is 0.322 e. The number of aryl methyl sites for hydroxylation is 1. The maximum absolute atomic E-state index is 13.0. The van der Waals surface area contributed by atoms with E-state index in [1.807, 2.05) is 48.2 Å². The molecule has 2 aliphatic rings. The third-order valence-corrected chi connectivity index (χ3v) is 8.63. The molecule has 5 rings (SSSR count). The predicted octanol–water partition coefficient (Wildman–Crippen LogP) is 3.88. The largest absolute Gasteiger partial charge is 0.324 e. The highest BCUT2D eigenvalue weighted by Gasteiger charge is 2.50. The highest BCUT2D eigenvalue weighted by Crippen LogP contribution is 2.52. The van der Waals surface area contributed by atoms with Crippen molar-refractivity contribution in [3.05, 3.63) is 70.5 Å². The summed E-state index contributed by atoms with van der Waals surface area (Å²) in [7, 11) is -3.51. The Morgan fingerprint density at radius 3 is 2.25 bits per heavy atom. The van der Waals surface area contributed by atoms with E-state index >= 15 is 0 Å². The molecule has 9 heteroatoms. The van der Waals surface area contributed by atoms with Gasteiger partial charge in [-0.25, -0.2) is 8.42 Å². The number of halogens is 1. The van der Waals surface area contributed by atoms with Crippen LogP contribution in [0.15, 0.2) is 57.9 Å². The van der Waals surface area contributed by atoms with E-state index in [0.29, 0.717) is 47.9 Å².